The first-order valence-electron chi connectivity index (χ1n) is 9.56. The molecular weight excluding hydrogens is 489 g/mol. The number of halogens is 3. The molecule has 1 fully saturated rings. The third kappa shape index (κ3) is 5.30. The summed E-state index contributed by atoms with van der Waals surface area (Å²) in [5.74, 6) is 0.317. The van der Waals surface area contributed by atoms with Crippen LogP contribution in [0.15, 0.2) is 71.6 Å². The third-order valence-corrected chi connectivity index (χ3v) is 6.61. The van der Waals surface area contributed by atoms with Crippen molar-refractivity contribution < 1.29 is 14.3 Å². The lowest BCUT2D eigenvalue weighted by Crippen LogP contribution is -2.27. The predicted octanol–water partition coefficient (Wildman–Crippen LogP) is 7.46. The van der Waals surface area contributed by atoms with Crippen molar-refractivity contribution in [3.63, 3.8) is 0 Å². The number of amides is 2. The maximum atomic E-state index is 12.7. The normalized spacial score (nSPS) is 15.0. The zero-order valence-corrected chi connectivity index (χ0v) is 19.6. The molecule has 3 aromatic rings. The summed E-state index contributed by atoms with van der Waals surface area (Å²) < 4.78 is 5.78. The maximum absolute atomic E-state index is 12.7. The predicted molar refractivity (Wildman–Crippen MR) is 130 cm³/mol. The van der Waals surface area contributed by atoms with Gasteiger partial charge in [0.05, 0.1) is 11.4 Å². The summed E-state index contributed by atoms with van der Waals surface area (Å²) in [6, 6.07) is 19.6. The third-order valence-electron chi connectivity index (χ3n) is 4.75. The van der Waals surface area contributed by atoms with Gasteiger partial charge in [-0.3, -0.25) is 14.5 Å². The molecule has 0 N–H and O–H groups in total. The number of nitrogens with zero attached hydrogens (tertiary/aromatic N) is 1. The van der Waals surface area contributed by atoms with E-state index in [2.05, 4.69) is 0 Å². The first kappa shape index (κ1) is 22.7. The molecule has 1 saturated heterocycles. The number of hydrogen-bond donors (Lipinski definition) is 0. The average molecular weight is 505 g/mol. The molecule has 3 aromatic carbocycles. The fraction of sp³-hybridized carbons (Fsp3) is 0.0833. The molecule has 1 aliphatic rings. The lowest BCUT2D eigenvalue weighted by Gasteiger charge is -2.13. The summed E-state index contributed by atoms with van der Waals surface area (Å²) in [7, 11) is 0. The van der Waals surface area contributed by atoms with Gasteiger partial charge in [0, 0.05) is 20.6 Å². The summed E-state index contributed by atoms with van der Waals surface area (Å²) in [4.78, 5) is 26.7. The minimum Gasteiger partial charge on any atom is -0.489 e. The first-order chi connectivity index (χ1) is 15.4. The summed E-state index contributed by atoms with van der Waals surface area (Å²) in [5.41, 5.74) is 2.33. The smallest absolute Gasteiger partial charge is 0.293 e. The maximum Gasteiger partial charge on any atom is 0.293 e. The highest BCUT2D eigenvalue weighted by Gasteiger charge is 2.35. The Bertz CT molecular complexity index is 1210. The topological polar surface area (TPSA) is 46.6 Å². The number of carbonyl (C=O) groups is 2. The van der Waals surface area contributed by atoms with Gasteiger partial charge in [-0.05, 0) is 59.3 Å². The molecular formula is C24H16Cl3NO3S. The molecule has 0 spiro atoms. The second kappa shape index (κ2) is 10.0. The Labute approximate surface area is 204 Å². The van der Waals surface area contributed by atoms with Crippen LogP contribution in [-0.4, -0.2) is 16.0 Å². The van der Waals surface area contributed by atoms with Gasteiger partial charge in [-0.15, -0.1) is 0 Å². The molecule has 8 heteroatoms. The Balaban J connectivity index is 1.42. The van der Waals surface area contributed by atoms with Crippen molar-refractivity contribution in [3.05, 3.63) is 103 Å². The van der Waals surface area contributed by atoms with Crippen LogP contribution in [0.3, 0.4) is 0 Å². The second-order valence-electron chi connectivity index (χ2n) is 6.95. The van der Waals surface area contributed by atoms with E-state index < -0.39 is 0 Å². The van der Waals surface area contributed by atoms with Gasteiger partial charge in [-0.1, -0.05) is 71.2 Å². The van der Waals surface area contributed by atoms with Crippen LogP contribution in [0.4, 0.5) is 4.79 Å². The molecule has 0 unspecified atom stereocenters. The van der Waals surface area contributed by atoms with Gasteiger partial charge in [0.25, 0.3) is 11.1 Å². The molecule has 1 aliphatic heterocycles. The van der Waals surface area contributed by atoms with Crippen molar-refractivity contribution in [1.82, 2.24) is 4.90 Å². The van der Waals surface area contributed by atoms with E-state index in [-0.39, 0.29) is 17.7 Å². The number of rotatable bonds is 6. The first-order valence-corrected chi connectivity index (χ1v) is 11.5. The summed E-state index contributed by atoms with van der Waals surface area (Å²) in [6.07, 6.45) is 1.69. The van der Waals surface area contributed by atoms with Crippen LogP contribution in [0.2, 0.25) is 15.1 Å². The zero-order valence-electron chi connectivity index (χ0n) is 16.6. The quantitative estimate of drug-likeness (QED) is 0.327. The van der Waals surface area contributed by atoms with Crippen LogP contribution in [0.25, 0.3) is 6.08 Å². The minimum absolute atomic E-state index is 0.141. The van der Waals surface area contributed by atoms with Crippen LogP contribution >= 0.6 is 46.6 Å². The van der Waals surface area contributed by atoms with Crippen molar-refractivity contribution in [1.29, 1.82) is 0 Å². The molecule has 4 rings (SSSR count). The van der Waals surface area contributed by atoms with Crippen LogP contribution < -0.4 is 4.74 Å². The summed E-state index contributed by atoms with van der Waals surface area (Å²) >= 11 is 19.2. The van der Waals surface area contributed by atoms with Gasteiger partial charge in [0.2, 0.25) is 0 Å². The molecule has 4 nitrogen and oxygen atoms in total. The Morgan fingerprint density at radius 1 is 0.875 bits per heavy atom. The molecule has 0 atom stereocenters. The van der Waals surface area contributed by atoms with Gasteiger partial charge in [-0.2, -0.15) is 0 Å². The highest BCUT2D eigenvalue weighted by Crippen LogP contribution is 2.34. The van der Waals surface area contributed by atoms with Gasteiger partial charge in [-0.25, -0.2) is 0 Å². The van der Waals surface area contributed by atoms with E-state index in [1.165, 1.54) is 4.90 Å². The highest BCUT2D eigenvalue weighted by molar-refractivity contribution is 8.18. The van der Waals surface area contributed by atoms with Crippen molar-refractivity contribution in [2.75, 3.05) is 0 Å². The molecule has 0 aliphatic carbocycles. The Morgan fingerprint density at radius 2 is 1.62 bits per heavy atom. The molecule has 0 bridgehead atoms. The van der Waals surface area contributed by atoms with Crippen molar-refractivity contribution in [2.24, 2.45) is 0 Å². The van der Waals surface area contributed by atoms with E-state index in [9.17, 15) is 9.59 Å². The molecule has 0 saturated carbocycles. The van der Waals surface area contributed by atoms with E-state index in [0.717, 1.165) is 28.5 Å². The number of benzene rings is 3. The number of thioether (sulfide) groups is 1. The second-order valence-corrected chi connectivity index (χ2v) is 9.20. The minimum atomic E-state index is -0.336. The van der Waals surface area contributed by atoms with E-state index >= 15 is 0 Å². The fourth-order valence-corrected chi connectivity index (χ4v) is 4.54. The number of imide groups is 1. The Morgan fingerprint density at radius 3 is 2.34 bits per heavy atom. The molecule has 1 heterocycles. The monoisotopic (exact) mass is 503 g/mol. The lowest BCUT2D eigenvalue weighted by atomic mass is 10.2. The summed E-state index contributed by atoms with van der Waals surface area (Å²) in [6.45, 7) is 0.442. The van der Waals surface area contributed by atoms with Gasteiger partial charge in [0.15, 0.2) is 0 Å². The zero-order chi connectivity index (χ0) is 22.7. The molecule has 2 amide bonds. The van der Waals surface area contributed by atoms with Crippen molar-refractivity contribution in [3.8, 4) is 5.75 Å². The largest absolute Gasteiger partial charge is 0.489 e. The van der Waals surface area contributed by atoms with E-state index in [0.29, 0.717) is 32.3 Å². The SMILES string of the molecule is O=C1S/C(=C\c2ccc(OCc3ccc(Cl)cc3Cl)cc2)C(=O)N1Cc1ccccc1Cl. The van der Waals surface area contributed by atoms with Gasteiger partial charge >= 0.3 is 0 Å². The number of hydrogen-bond acceptors (Lipinski definition) is 4. The molecule has 162 valence electrons. The van der Waals surface area contributed by atoms with E-state index in [1.54, 1.807) is 48.5 Å². The molecule has 32 heavy (non-hydrogen) atoms. The number of carbonyl (C=O) groups excluding carboxylic acids is 2. The van der Waals surface area contributed by atoms with E-state index in [1.807, 2.05) is 24.3 Å². The lowest BCUT2D eigenvalue weighted by molar-refractivity contribution is -0.123. The Hall–Kier alpha value is -2.44. The standard InChI is InChI=1S/C24H16Cl3NO3S/c25-18-8-7-17(21(27)12-18)14-31-19-9-5-15(6-10-19)11-22-23(29)28(24(30)32-22)13-16-3-1-2-4-20(16)26/h1-12H,13-14H2/b22-11-. The fourth-order valence-electron chi connectivity index (χ4n) is 3.04. The highest BCUT2D eigenvalue weighted by atomic mass is 35.5. The van der Waals surface area contributed by atoms with E-state index in [4.69, 9.17) is 39.5 Å². The van der Waals surface area contributed by atoms with Crippen LogP contribution in [-0.2, 0) is 17.9 Å². The molecule has 0 aromatic heterocycles. The summed E-state index contributed by atoms with van der Waals surface area (Å²) in [5, 5.41) is 1.31. The van der Waals surface area contributed by atoms with Crippen LogP contribution in [0.5, 0.6) is 5.75 Å². The van der Waals surface area contributed by atoms with Gasteiger partial charge < -0.3 is 4.74 Å². The van der Waals surface area contributed by atoms with Crippen molar-refractivity contribution in [2.45, 2.75) is 13.2 Å². The van der Waals surface area contributed by atoms with Crippen molar-refractivity contribution >= 4 is 63.8 Å². The van der Waals surface area contributed by atoms with Gasteiger partial charge in [0.1, 0.15) is 12.4 Å². The average Bonchev–Trinajstić information content (AvgIpc) is 3.03. The molecule has 0 radical (unpaired) electrons. The number of ether oxygens (including phenoxy) is 1. The Kier molecular flexibility index (Phi) is 7.11. The van der Waals surface area contributed by atoms with Crippen LogP contribution in [0.1, 0.15) is 16.7 Å². The van der Waals surface area contributed by atoms with Crippen LogP contribution in [0, 0.1) is 0 Å².